The average molecular weight is 304 g/mol. The predicted octanol–water partition coefficient (Wildman–Crippen LogP) is 1.63. The van der Waals surface area contributed by atoms with E-state index in [2.05, 4.69) is 26.6 Å². The van der Waals surface area contributed by atoms with E-state index in [1.165, 1.54) is 0 Å². The van der Waals surface area contributed by atoms with E-state index in [1.807, 2.05) is 17.0 Å². The number of urea groups is 1. The smallest absolute Gasteiger partial charge is 0.317 e. The Bertz CT molecular complexity index is 363. The topological polar surface area (TPSA) is 44.4 Å². The summed E-state index contributed by atoms with van der Waals surface area (Å²) in [5.41, 5.74) is 0. The van der Waals surface area contributed by atoms with Crippen molar-refractivity contribution in [2.45, 2.75) is 6.54 Å². The number of hydrogen-bond donors (Lipinski definition) is 2. The molecular weight excluding hydrogens is 290 g/mol. The van der Waals surface area contributed by atoms with Crippen LogP contribution in [0.15, 0.2) is 15.9 Å². The van der Waals surface area contributed by atoms with E-state index in [1.54, 1.807) is 11.3 Å². The molecule has 0 atom stereocenters. The minimum absolute atomic E-state index is 0.0334. The quantitative estimate of drug-likeness (QED) is 0.872. The van der Waals surface area contributed by atoms with Crippen LogP contribution in [0.4, 0.5) is 4.79 Å². The van der Waals surface area contributed by atoms with Crippen LogP contribution in [0, 0.1) is 0 Å². The second-order valence-corrected chi connectivity index (χ2v) is 6.15. The fourth-order valence-corrected chi connectivity index (χ4v) is 3.01. The summed E-state index contributed by atoms with van der Waals surface area (Å²) in [7, 11) is 0. The van der Waals surface area contributed by atoms with Crippen molar-refractivity contribution < 1.29 is 4.79 Å². The molecule has 0 radical (unpaired) electrons. The molecule has 1 fully saturated rings. The molecular formula is C10H14BrN3OS. The van der Waals surface area contributed by atoms with Gasteiger partial charge in [0.05, 0.1) is 10.3 Å². The van der Waals surface area contributed by atoms with Crippen molar-refractivity contribution in [3.8, 4) is 0 Å². The lowest BCUT2D eigenvalue weighted by Gasteiger charge is -2.27. The summed E-state index contributed by atoms with van der Waals surface area (Å²) in [6.45, 7) is 3.97. The second-order valence-electron chi connectivity index (χ2n) is 3.60. The number of hydrogen-bond acceptors (Lipinski definition) is 3. The number of rotatable bonds is 2. The molecule has 16 heavy (non-hydrogen) atoms. The van der Waals surface area contributed by atoms with Crippen LogP contribution < -0.4 is 10.6 Å². The SMILES string of the molecule is O=C(NCc1ccc(Br)s1)N1CCNCC1. The Kier molecular flexibility index (Phi) is 4.20. The number of piperazine rings is 1. The van der Waals surface area contributed by atoms with Crippen LogP contribution in [0.2, 0.25) is 0 Å². The molecule has 2 rings (SSSR count). The molecule has 2 N–H and O–H groups in total. The van der Waals surface area contributed by atoms with Gasteiger partial charge in [-0.05, 0) is 28.1 Å². The van der Waals surface area contributed by atoms with Crippen molar-refractivity contribution in [3.63, 3.8) is 0 Å². The Morgan fingerprint density at radius 3 is 2.88 bits per heavy atom. The second kappa shape index (κ2) is 5.65. The van der Waals surface area contributed by atoms with E-state index >= 15 is 0 Å². The van der Waals surface area contributed by atoms with Crippen molar-refractivity contribution in [3.05, 3.63) is 20.8 Å². The van der Waals surface area contributed by atoms with Crippen LogP contribution in [0.5, 0.6) is 0 Å². The summed E-state index contributed by atoms with van der Waals surface area (Å²) in [5, 5.41) is 6.15. The molecule has 1 saturated heterocycles. The highest BCUT2D eigenvalue weighted by atomic mass is 79.9. The van der Waals surface area contributed by atoms with Crippen LogP contribution in [0.25, 0.3) is 0 Å². The number of thiophene rings is 1. The summed E-state index contributed by atoms with van der Waals surface area (Å²) < 4.78 is 1.10. The van der Waals surface area contributed by atoms with Gasteiger partial charge in [0, 0.05) is 31.1 Å². The maximum Gasteiger partial charge on any atom is 0.317 e. The highest BCUT2D eigenvalue weighted by molar-refractivity contribution is 9.11. The number of amides is 2. The molecule has 0 saturated carbocycles. The van der Waals surface area contributed by atoms with E-state index in [-0.39, 0.29) is 6.03 Å². The van der Waals surface area contributed by atoms with Gasteiger partial charge in [-0.1, -0.05) is 0 Å². The maximum absolute atomic E-state index is 11.8. The molecule has 4 nitrogen and oxygen atoms in total. The Labute approximate surface area is 107 Å². The van der Waals surface area contributed by atoms with Gasteiger partial charge in [-0.25, -0.2) is 4.79 Å². The van der Waals surface area contributed by atoms with Gasteiger partial charge in [0.2, 0.25) is 0 Å². The molecule has 2 amide bonds. The Morgan fingerprint density at radius 2 is 2.25 bits per heavy atom. The summed E-state index contributed by atoms with van der Waals surface area (Å²) >= 11 is 5.05. The number of nitrogens with one attached hydrogen (secondary N) is 2. The molecule has 6 heteroatoms. The van der Waals surface area contributed by atoms with Crippen molar-refractivity contribution >= 4 is 33.3 Å². The summed E-state index contributed by atoms with van der Waals surface area (Å²) in [5.74, 6) is 0. The Hall–Kier alpha value is -0.590. The fourth-order valence-electron chi connectivity index (χ4n) is 1.59. The van der Waals surface area contributed by atoms with E-state index < -0.39 is 0 Å². The summed E-state index contributed by atoms with van der Waals surface area (Å²) in [6, 6.07) is 4.05. The van der Waals surface area contributed by atoms with E-state index in [0.717, 1.165) is 34.8 Å². The van der Waals surface area contributed by atoms with E-state index in [4.69, 9.17) is 0 Å². The fraction of sp³-hybridized carbons (Fsp3) is 0.500. The first kappa shape index (κ1) is 11.9. The Balaban J connectivity index is 1.78. The van der Waals surface area contributed by atoms with Gasteiger partial charge in [0.15, 0.2) is 0 Å². The molecule has 1 aromatic heterocycles. The molecule has 0 aliphatic carbocycles. The molecule has 0 spiro atoms. The van der Waals surface area contributed by atoms with E-state index in [9.17, 15) is 4.79 Å². The lowest BCUT2D eigenvalue weighted by atomic mass is 10.4. The van der Waals surface area contributed by atoms with Gasteiger partial charge >= 0.3 is 6.03 Å². The number of carbonyl (C=O) groups excluding carboxylic acids is 1. The third-order valence-corrected chi connectivity index (χ3v) is 4.07. The summed E-state index contributed by atoms with van der Waals surface area (Å²) in [4.78, 5) is 14.8. The van der Waals surface area contributed by atoms with Crippen molar-refractivity contribution in [1.29, 1.82) is 0 Å². The average Bonchev–Trinajstić information content (AvgIpc) is 2.73. The van der Waals surface area contributed by atoms with Crippen LogP contribution in [0.1, 0.15) is 4.88 Å². The highest BCUT2D eigenvalue weighted by Gasteiger charge is 2.15. The normalized spacial score (nSPS) is 16.2. The van der Waals surface area contributed by atoms with Crippen LogP contribution in [-0.2, 0) is 6.54 Å². The van der Waals surface area contributed by atoms with Gasteiger partial charge in [0.1, 0.15) is 0 Å². The first-order chi connectivity index (χ1) is 7.75. The van der Waals surface area contributed by atoms with Gasteiger partial charge in [-0.15, -0.1) is 11.3 Å². The molecule has 0 bridgehead atoms. The van der Waals surface area contributed by atoms with Gasteiger partial charge < -0.3 is 15.5 Å². The van der Waals surface area contributed by atoms with Gasteiger partial charge in [-0.3, -0.25) is 0 Å². The molecule has 1 aliphatic rings. The first-order valence-electron chi connectivity index (χ1n) is 5.23. The van der Waals surface area contributed by atoms with Crippen molar-refractivity contribution in [2.75, 3.05) is 26.2 Å². The minimum Gasteiger partial charge on any atom is -0.333 e. The maximum atomic E-state index is 11.8. The summed E-state index contributed by atoms with van der Waals surface area (Å²) in [6.07, 6.45) is 0. The van der Waals surface area contributed by atoms with Crippen LogP contribution in [-0.4, -0.2) is 37.1 Å². The monoisotopic (exact) mass is 303 g/mol. The third kappa shape index (κ3) is 3.20. The van der Waals surface area contributed by atoms with Crippen molar-refractivity contribution in [2.24, 2.45) is 0 Å². The van der Waals surface area contributed by atoms with Crippen LogP contribution in [0.3, 0.4) is 0 Å². The van der Waals surface area contributed by atoms with Gasteiger partial charge in [0.25, 0.3) is 0 Å². The molecule has 0 unspecified atom stereocenters. The molecule has 1 aliphatic heterocycles. The minimum atomic E-state index is 0.0334. The molecule has 2 heterocycles. The van der Waals surface area contributed by atoms with E-state index in [0.29, 0.717) is 6.54 Å². The lowest BCUT2D eigenvalue weighted by Crippen LogP contribution is -2.49. The number of nitrogens with zero attached hydrogens (tertiary/aromatic N) is 1. The molecule has 0 aromatic carbocycles. The predicted molar refractivity (Wildman–Crippen MR) is 68.7 cm³/mol. The zero-order valence-corrected chi connectivity index (χ0v) is 11.2. The standard InChI is InChI=1S/C10H14BrN3OS/c11-9-2-1-8(16-9)7-13-10(15)14-5-3-12-4-6-14/h1-2,12H,3-7H2,(H,13,15). The molecule has 1 aromatic rings. The third-order valence-electron chi connectivity index (χ3n) is 2.45. The molecule has 88 valence electrons. The zero-order valence-electron chi connectivity index (χ0n) is 8.83. The van der Waals surface area contributed by atoms with Gasteiger partial charge in [-0.2, -0.15) is 0 Å². The van der Waals surface area contributed by atoms with Crippen molar-refractivity contribution in [1.82, 2.24) is 15.5 Å². The largest absolute Gasteiger partial charge is 0.333 e. The first-order valence-corrected chi connectivity index (χ1v) is 6.84. The van der Waals surface area contributed by atoms with Crippen LogP contribution >= 0.6 is 27.3 Å². The number of halogens is 1. The lowest BCUT2D eigenvalue weighted by molar-refractivity contribution is 0.190. The highest BCUT2D eigenvalue weighted by Crippen LogP contribution is 2.21. The Morgan fingerprint density at radius 1 is 1.50 bits per heavy atom. The zero-order chi connectivity index (χ0) is 11.4. The number of carbonyl (C=O) groups is 1.